The molecular formula is C26H31F2NO5. The van der Waals surface area contributed by atoms with Crippen molar-refractivity contribution in [2.45, 2.75) is 63.9 Å². The standard InChI is InChI=1S/C26H31F2NO5/c1-13-5-7-17(20-21-22(25(31)32)24(21)34-23(13)20)14(2)33-12-16(30)11-29-26(3,4)10-15-6-8-18(27)19(28)9-15/h5-9,14,16,21-22,24,29-30H,10-12H2,1-4H3,(H,31,32)/t14-,16-,21+,22+,24+/m1/s1. The number of hydrogen-bond acceptors (Lipinski definition) is 5. The maximum Gasteiger partial charge on any atom is 0.311 e. The van der Waals surface area contributed by atoms with Gasteiger partial charge in [0.1, 0.15) is 17.8 Å². The van der Waals surface area contributed by atoms with E-state index in [4.69, 9.17) is 9.47 Å². The average Bonchev–Trinajstić information content (AvgIpc) is 3.35. The van der Waals surface area contributed by atoms with Gasteiger partial charge >= 0.3 is 5.97 Å². The molecule has 184 valence electrons. The van der Waals surface area contributed by atoms with Gasteiger partial charge in [-0.3, -0.25) is 4.79 Å². The van der Waals surface area contributed by atoms with Crippen molar-refractivity contribution in [3.8, 4) is 5.75 Å². The Kier molecular flexibility index (Phi) is 6.68. The van der Waals surface area contributed by atoms with Crippen molar-refractivity contribution in [1.29, 1.82) is 0 Å². The minimum absolute atomic E-state index is 0.0788. The molecule has 1 aliphatic heterocycles. The third-order valence-electron chi connectivity index (χ3n) is 6.68. The molecule has 0 aromatic heterocycles. The second kappa shape index (κ2) is 9.24. The molecule has 1 aliphatic carbocycles. The van der Waals surface area contributed by atoms with Crippen molar-refractivity contribution in [3.63, 3.8) is 0 Å². The van der Waals surface area contributed by atoms with E-state index in [0.29, 0.717) is 12.0 Å². The molecule has 0 amide bonds. The number of carboxylic acid groups (broad SMARTS) is 1. The van der Waals surface area contributed by atoms with E-state index in [-0.39, 0.29) is 31.3 Å². The van der Waals surface area contributed by atoms with E-state index >= 15 is 0 Å². The Hall–Kier alpha value is -2.55. The van der Waals surface area contributed by atoms with Crippen molar-refractivity contribution in [3.05, 3.63) is 64.2 Å². The number of aliphatic hydroxyl groups is 1. The quantitative estimate of drug-likeness (QED) is 0.483. The van der Waals surface area contributed by atoms with Crippen LogP contribution in [0.15, 0.2) is 30.3 Å². The summed E-state index contributed by atoms with van der Waals surface area (Å²) in [4.78, 5) is 11.5. The Balaban J connectivity index is 1.32. The molecule has 2 aromatic carbocycles. The first-order valence-electron chi connectivity index (χ1n) is 11.5. The number of aliphatic hydroxyl groups excluding tert-OH is 1. The van der Waals surface area contributed by atoms with Gasteiger partial charge in [-0.1, -0.05) is 18.2 Å². The number of β-amino-alcohol motifs (C(OH)–C–C–N with tert-alkyl or cyclic N) is 1. The number of rotatable bonds is 10. The summed E-state index contributed by atoms with van der Waals surface area (Å²) >= 11 is 0. The maximum absolute atomic E-state index is 13.5. The predicted molar refractivity (Wildman–Crippen MR) is 122 cm³/mol. The fourth-order valence-electron chi connectivity index (χ4n) is 4.80. The first kappa shape index (κ1) is 24.6. The van der Waals surface area contributed by atoms with Crippen LogP contribution in [0.2, 0.25) is 0 Å². The Morgan fingerprint density at radius 1 is 1.24 bits per heavy atom. The number of nitrogens with one attached hydrogen (secondary N) is 1. The zero-order chi connectivity index (χ0) is 24.8. The minimum Gasteiger partial charge on any atom is -0.488 e. The van der Waals surface area contributed by atoms with Crippen LogP contribution in [-0.2, 0) is 16.0 Å². The van der Waals surface area contributed by atoms with Gasteiger partial charge < -0.3 is 25.0 Å². The number of benzene rings is 2. The Labute approximate surface area is 197 Å². The largest absolute Gasteiger partial charge is 0.488 e. The van der Waals surface area contributed by atoms with Gasteiger partial charge in [0.15, 0.2) is 11.6 Å². The van der Waals surface area contributed by atoms with Crippen LogP contribution in [0, 0.1) is 24.5 Å². The zero-order valence-corrected chi connectivity index (χ0v) is 19.8. The van der Waals surface area contributed by atoms with E-state index in [9.17, 15) is 23.8 Å². The van der Waals surface area contributed by atoms with E-state index in [0.717, 1.165) is 28.5 Å². The third kappa shape index (κ3) is 4.94. The lowest BCUT2D eigenvalue weighted by Gasteiger charge is -2.28. The number of aryl methyl sites for hydroxylation is 1. The van der Waals surface area contributed by atoms with Crippen LogP contribution < -0.4 is 10.1 Å². The molecule has 0 radical (unpaired) electrons. The first-order chi connectivity index (χ1) is 16.0. The first-order valence-corrected chi connectivity index (χ1v) is 11.5. The van der Waals surface area contributed by atoms with Gasteiger partial charge in [-0.25, -0.2) is 8.78 Å². The lowest BCUT2D eigenvalue weighted by molar-refractivity contribution is -0.139. The second-order valence-electron chi connectivity index (χ2n) is 10.0. The molecule has 2 aliphatic rings. The summed E-state index contributed by atoms with van der Waals surface area (Å²) in [7, 11) is 0. The molecule has 1 fully saturated rings. The third-order valence-corrected chi connectivity index (χ3v) is 6.68. The highest BCUT2D eigenvalue weighted by molar-refractivity contribution is 5.79. The summed E-state index contributed by atoms with van der Waals surface area (Å²) < 4.78 is 38.5. The zero-order valence-electron chi connectivity index (χ0n) is 19.8. The Morgan fingerprint density at radius 3 is 2.65 bits per heavy atom. The van der Waals surface area contributed by atoms with E-state index in [1.807, 2.05) is 39.8 Å². The van der Waals surface area contributed by atoms with E-state index < -0.39 is 35.2 Å². The number of carbonyl (C=O) groups is 1. The number of fused-ring (bicyclic) bond motifs is 3. The molecular weight excluding hydrogens is 444 g/mol. The van der Waals surface area contributed by atoms with Crippen molar-refractivity contribution in [1.82, 2.24) is 5.32 Å². The highest BCUT2D eigenvalue weighted by atomic mass is 19.2. The lowest BCUT2D eigenvalue weighted by Crippen LogP contribution is -2.46. The molecule has 4 rings (SSSR count). The number of ether oxygens (including phenoxy) is 2. The smallest absolute Gasteiger partial charge is 0.311 e. The molecule has 1 saturated carbocycles. The normalized spacial score (nSPS) is 22.5. The molecule has 6 nitrogen and oxygen atoms in total. The molecule has 2 aromatic rings. The fraction of sp³-hybridized carbons (Fsp3) is 0.500. The SMILES string of the molecule is Cc1ccc([C@@H](C)OC[C@H](O)CNC(C)(C)Cc2ccc(F)c(F)c2)c2c1O[C@@H]1[C@@H](C(=O)O)[C@H]21. The lowest BCUT2D eigenvalue weighted by atomic mass is 9.94. The molecule has 0 unspecified atom stereocenters. The average molecular weight is 476 g/mol. The highest BCUT2D eigenvalue weighted by Crippen LogP contribution is 2.61. The molecule has 1 heterocycles. The van der Waals surface area contributed by atoms with Crippen LogP contribution in [0.5, 0.6) is 5.75 Å². The monoisotopic (exact) mass is 475 g/mol. The molecule has 34 heavy (non-hydrogen) atoms. The van der Waals surface area contributed by atoms with Crippen LogP contribution >= 0.6 is 0 Å². The van der Waals surface area contributed by atoms with Crippen molar-refractivity contribution in [2.24, 2.45) is 5.92 Å². The Bertz CT molecular complexity index is 1090. The van der Waals surface area contributed by atoms with Crippen LogP contribution in [0.1, 0.15) is 55.0 Å². The predicted octanol–water partition coefficient (Wildman–Crippen LogP) is 3.88. The van der Waals surface area contributed by atoms with E-state index in [1.54, 1.807) is 6.07 Å². The van der Waals surface area contributed by atoms with Gasteiger partial charge in [0.25, 0.3) is 0 Å². The summed E-state index contributed by atoms with van der Waals surface area (Å²) in [6, 6.07) is 7.72. The van der Waals surface area contributed by atoms with Gasteiger partial charge in [0, 0.05) is 23.6 Å². The Morgan fingerprint density at radius 2 is 1.97 bits per heavy atom. The summed E-state index contributed by atoms with van der Waals surface area (Å²) in [5.41, 5.74) is 2.96. The molecule has 8 heteroatoms. The number of halogens is 2. The van der Waals surface area contributed by atoms with Crippen LogP contribution in [0.3, 0.4) is 0 Å². The number of aliphatic carboxylic acids is 1. The summed E-state index contributed by atoms with van der Waals surface area (Å²) in [5, 5.41) is 23.1. The van der Waals surface area contributed by atoms with Crippen LogP contribution in [0.4, 0.5) is 8.78 Å². The van der Waals surface area contributed by atoms with Gasteiger partial charge in [-0.2, -0.15) is 0 Å². The molecule has 0 saturated heterocycles. The van der Waals surface area contributed by atoms with Crippen molar-refractivity contribution < 1.29 is 33.3 Å². The fourth-order valence-corrected chi connectivity index (χ4v) is 4.80. The number of hydrogen-bond donors (Lipinski definition) is 3. The van der Waals surface area contributed by atoms with Gasteiger partial charge in [0.2, 0.25) is 0 Å². The van der Waals surface area contributed by atoms with Crippen molar-refractivity contribution in [2.75, 3.05) is 13.2 Å². The molecule has 3 N–H and O–H groups in total. The maximum atomic E-state index is 13.5. The van der Waals surface area contributed by atoms with Crippen LogP contribution in [-0.4, -0.2) is 47.1 Å². The number of carboxylic acids is 1. The van der Waals surface area contributed by atoms with Crippen molar-refractivity contribution >= 4 is 5.97 Å². The molecule has 5 atom stereocenters. The summed E-state index contributed by atoms with van der Waals surface area (Å²) in [5.74, 6) is -2.53. The topological polar surface area (TPSA) is 88.0 Å². The molecule has 0 spiro atoms. The second-order valence-corrected chi connectivity index (χ2v) is 10.0. The highest BCUT2D eigenvalue weighted by Gasteiger charge is 2.64. The molecule has 0 bridgehead atoms. The summed E-state index contributed by atoms with van der Waals surface area (Å²) in [6.07, 6.45) is -0.999. The van der Waals surface area contributed by atoms with E-state index in [1.165, 1.54) is 6.07 Å². The summed E-state index contributed by atoms with van der Waals surface area (Å²) in [6.45, 7) is 7.99. The van der Waals surface area contributed by atoms with Crippen LogP contribution in [0.25, 0.3) is 0 Å². The van der Waals surface area contributed by atoms with E-state index in [2.05, 4.69) is 5.32 Å². The van der Waals surface area contributed by atoms with Gasteiger partial charge in [-0.05, 0) is 62.9 Å². The minimum atomic E-state index is -0.879. The van der Waals surface area contributed by atoms with Gasteiger partial charge in [0.05, 0.1) is 18.8 Å². The van der Waals surface area contributed by atoms with Gasteiger partial charge in [-0.15, -0.1) is 0 Å².